The van der Waals surface area contributed by atoms with E-state index in [0.717, 1.165) is 42.6 Å². The molecule has 0 bridgehead atoms. The van der Waals surface area contributed by atoms with Gasteiger partial charge in [-0.25, -0.2) is 5.43 Å². The number of hydrazone groups is 1. The first-order chi connectivity index (χ1) is 12.6. The zero-order valence-corrected chi connectivity index (χ0v) is 16.5. The molecule has 138 valence electrons. The summed E-state index contributed by atoms with van der Waals surface area (Å²) in [6, 6.07) is 12.1. The molecule has 0 unspecified atom stereocenters. The average Bonchev–Trinajstić information content (AvgIpc) is 3.04. The maximum Gasteiger partial charge on any atom is 0.295 e. The number of carbonyl (C=O) groups is 1. The molecule has 1 amide bonds. The number of amides is 1. The minimum atomic E-state index is -0.0286. The van der Waals surface area contributed by atoms with Gasteiger partial charge in [-0.05, 0) is 25.1 Å². The molecule has 1 aromatic heterocycles. The van der Waals surface area contributed by atoms with Crippen LogP contribution in [0.3, 0.4) is 0 Å². The monoisotopic (exact) mass is 392 g/mol. The number of carbonyl (C=O) groups excluding carboxylic acids is 1. The van der Waals surface area contributed by atoms with Gasteiger partial charge in [0.2, 0.25) is 0 Å². The van der Waals surface area contributed by atoms with Gasteiger partial charge in [-0.2, -0.15) is 5.10 Å². The molecule has 0 atom stereocenters. The summed E-state index contributed by atoms with van der Waals surface area (Å²) in [5.41, 5.74) is 3.84. The number of hydrogen-bond acceptors (Lipinski definition) is 3. The molecule has 3 rings (SSSR count). The Bertz CT molecular complexity index is 768. The third kappa shape index (κ3) is 5.64. The van der Waals surface area contributed by atoms with Crippen LogP contribution < -0.4 is 15.2 Å². The van der Waals surface area contributed by atoms with Gasteiger partial charge in [-0.1, -0.05) is 29.8 Å². The summed E-state index contributed by atoms with van der Waals surface area (Å²) in [6.45, 7) is 7.54. The SMILES string of the molecule is Cc1ccc(C=NNC(=O)C[NH+]2CC[NH+](Cc3ccccc3Cl)CC2)s1. The predicted molar refractivity (Wildman–Crippen MR) is 106 cm³/mol. The van der Waals surface area contributed by atoms with Gasteiger partial charge in [-0.3, -0.25) is 4.79 Å². The van der Waals surface area contributed by atoms with Gasteiger partial charge in [0, 0.05) is 20.3 Å². The standard InChI is InChI=1S/C19H23ClN4OS/c1-15-6-7-17(26-15)12-21-22-19(25)14-24-10-8-23(9-11-24)13-16-4-2-3-5-18(16)20/h2-7,12H,8-11,13-14H2,1H3,(H,22,25)/p+2. The molecule has 1 aliphatic rings. The highest BCUT2D eigenvalue weighted by Crippen LogP contribution is 2.13. The quantitative estimate of drug-likeness (QED) is 0.475. The highest BCUT2D eigenvalue weighted by molar-refractivity contribution is 7.13. The normalized spacial score (nSPS) is 20.4. The number of piperazine rings is 1. The zero-order chi connectivity index (χ0) is 18.4. The third-order valence-electron chi connectivity index (χ3n) is 4.62. The maximum absolute atomic E-state index is 12.1. The third-order valence-corrected chi connectivity index (χ3v) is 5.92. The van der Waals surface area contributed by atoms with Crippen LogP contribution in [-0.2, 0) is 11.3 Å². The average molecular weight is 393 g/mol. The Balaban J connectivity index is 1.39. The molecule has 5 nitrogen and oxygen atoms in total. The van der Waals surface area contributed by atoms with Crippen molar-refractivity contribution in [3.8, 4) is 0 Å². The van der Waals surface area contributed by atoms with Gasteiger partial charge < -0.3 is 9.80 Å². The number of nitrogens with one attached hydrogen (secondary N) is 3. The van der Waals surface area contributed by atoms with Crippen LogP contribution in [0.4, 0.5) is 0 Å². The first kappa shape index (κ1) is 19.0. The maximum atomic E-state index is 12.1. The van der Waals surface area contributed by atoms with Crippen molar-refractivity contribution in [2.75, 3.05) is 32.7 Å². The van der Waals surface area contributed by atoms with E-state index in [1.54, 1.807) is 17.6 Å². The second kappa shape index (κ2) is 9.28. The molecule has 0 aliphatic carbocycles. The van der Waals surface area contributed by atoms with E-state index in [-0.39, 0.29) is 5.91 Å². The van der Waals surface area contributed by atoms with Crippen molar-refractivity contribution >= 4 is 35.1 Å². The van der Waals surface area contributed by atoms with Crippen LogP contribution >= 0.6 is 22.9 Å². The summed E-state index contributed by atoms with van der Waals surface area (Å²) in [6.07, 6.45) is 1.70. The molecule has 7 heteroatoms. The second-order valence-electron chi connectivity index (χ2n) is 6.69. The summed E-state index contributed by atoms with van der Waals surface area (Å²) in [5, 5.41) is 4.89. The smallest absolute Gasteiger partial charge is 0.295 e. The van der Waals surface area contributed by atoms with E-state index in [9.17, 15) is 4.79 Å². The van der Waals surface area contributed by atoms with Crippen molar-refractivity contribution in [1.82, 2.24) is 5.43 Å². The minimum Gasteiger partial charge on any atom is -0.322 e. The van der Waals surface area contributed by atoms with Crippen molar-refractivity contribution in [1.29, 1.82) is 0 Å². The number of aryl methyl sites for hydroxylation is 1. The fraction of sp³-hybridized carbons (Fsp3) is 0.368. The number of halogens is 1. The highest BCUT2D eigenvalue weighted by atomic mass is 35.5. The lowest BCUT2D eigenvalue weighted by Gasteiger charge is -2.29. The molecule has 1 saturated heterocycles. The van der Waals surface area contributed by atoms with Crippen LogP contribution in [0.15, 0.2) is 41.5 Å². The van der Waals surface area contributed by atoms with Crippen molar-refractivity contribution < 1.29 is 14.6 Å². The molecule has 1 fully saturated rings. The number of hydrogen-bond donors (Lipinski definition) is 3. The molecule has 1 aromatic carbocycles. The van der Waals surface area contributed by atoms with E-state index in [0.29, 0.717) is 6.54 Å². The van der Waals surface area contributed by atoms with Crippen molar-refractivity contribution in [2.24, 2.45) is 5.10 Å². The minimum absolute atomic E-state index is 0.0286. The Morgan fingerprint density at radius 1 is 1.19 bits per heavy atom. The first-order valence-electron chi connectivity index (χ1n) is 8.89. The Kier molecular flexibility index (Phi) is 6.80. The van der Waals surface area contributed by atoms with Crippen LogP contribution in [0, 0.1) is 6.92 Å². The molecule has 0 saturated carbocycles. The lowest BCUT2D eigenvalue weighted by molar-refractivity contribution is -1.02. The van der Waals surface area contributed by atoms with Crippen LogP contribution in [-0.4, -0.2) is 44.8 Å². The summed E-state index contributed by atoms with van der Waals surface area (Å²) in [4.78, 5) is 17.2. The van der Waals surface area contributed by atoms with Crippen molar-refractivity contribution in [2.45, 2.75) is 13.5 Å². The van der Waals surface area contributed by atoms with E-state index >= 15 is 0 Å². The van der Waals surface area contributed by atoms with Gasteiger partial charge in [0.1, 0.15) is 32.7 Å². The highest BCUT2D eigenvalue weighted by Gasteiger charge is 2.25. The fourth-order valence-corrected chi connectivity index (χ4v) is 4.13. The lowest BCUT2D eigenvalue weighted by atomic mass is 10.2. The summed E-state index contributed by atoms with van der Waals surface area (Å²) >= 11 is 7.91. The summed E-state index contributed by atoms with van der Waals surface area (Å²) in [5.74, 6) is -0.0286. The van der Waals surface area contributed by atoms with Crippen molar-refractivity contribution in [3.63, 3.8) is 0 Å². The van der Waals surface area contributed by atoms with Crippen LogP contribution in [0.2, 0.25) is 5.02 Å². The Hall–Kier alpha value is -1.73. The lowest BCUT2D eigenvalue weighted by Crippen LogP contribution is -3.28. The van der Waals surface area contributed by atoms with Gasteiger partial charge in [-0.15, -0.1) is 11.3 Å². The topological polar surface area (TPSA) is 50.3 Å². The summed E-state index contributed by atoms with van der Waals surface area (Å²) < 4.78 is 0. The zero-order valence-electron chi connectivity index (χ0n) is 14.9. The Morgan fingerprint density at radius 3 is 2.62 bits per heavy atom. The van der Waals surface area contributed by atoms with E-state index in [2.05, 4.69) is 23.5 Å². The van der Waals surface area contributed by atoms with Gasteiger partial charge in [0.05, 0.1) is 6.21 Å². The van der Waals surface area contributed by atoms with Crippen LogP contribution in [0.5, 0.6) is 0 Å². The van der Waals surface area contributed by atoms with Gasteiger partial charge in [0.25, 0.3) is 5.91 Å². The molecule has 2 aromatic rings. The largest absolute Gasteiger partial charge is 0.322 e. The van der Waals surface area contributed by atoms with Crippen LogP contribution in [0.25, 0.3) is 0 Å². The molecular formula is C19H25ClN4OS+2. The number of rotatable bonds is 6. The van der Waals surface area contributed by atoms with E-state index < -0.39 is 0 Å². The molecule has 1 aliphatic heterocycles. The molecule has 0 spiro atoms. The Labute approximate surface area is 163 Å². The molecule has 3 N–H and O–H groups in total. The number of thiophene rings is 1. The van der Waals surface area contributed by atoms with Gasteiger partial charge >= 0.3 is 0 Å². The van der Waals surface area contributed by atoms with Crippen molar-refractivity contribution in [3.05, 3.63) is 56.7 Å². The van der Waals surface area contributed by atoms with E-state index in [4.69, 9.17) is 11.6 Å². The van der Waals surface area contributed by atoms with Gasteiger partial charge in [0.15, 0.2) is 6.54 Å². The van der Waals surface area contributed by atoms with E-state index in [1.807, 2.05) is 30.3 Å². The number of quaternary nitrogens is 2. The molecule has 0 radical (unpaired) electrons. The molecule has 26 heavy (non-hydrogen) atoms. The number of nitrogens with zero attached hydrogens (tertiary/aromatic N) is 1. The Morgan fingerprint density at radius 2 is 1.92 bits per heavy atom. The molecule has 2 heterocycles. The number of benzene rings is 1. The van der Waals surface area contributed by atoms with Crippen LogP contribution in [0.1, 0.15) is 15.3 Å². The second-order valence-corrected chi connectivity index (χ2v) is 8.41. The summed E-state index contributed by atoms with van der Waals surface area (Å²) in [7, 11) is 0. The van der Waals surface area contributed by atoms with E-state index in [1.165, 1.54) is 20.2 Å². The first-order valence-corrected chi connectivity index (χ1v) is 10.1. The molecular weight excluding hydrogens is 368 g/mol. The fourth-order valence-electron chi connectivity index (χ4n) is 3.18. The predicted octanol–water partition coefficient (Wildman–Crippen LogP) is 0.144.